The number of benzene rings is 1. The molecule has 1 aromatic heterocycles. The molecule has 0 saturated carbocycles. The van der Waals surface area contributed by atoms with E-state index in [4.69, 9.17) is 9.47 Å². The zero-order valence-corrected chi connectivity index (χ0v) is 13.4. The molecular formula is C16H19N3O2S. The van der Waals surface area contributed by atoms with Crippen LogP contribution in [0.2, 0.25) is 0 Å². The van der Waals surface area contributed by atoms with Crippen LogP contribution in [0.4, 0.5) is 5.13 Å². The highest BCUT2D eigenvalue weighted by atomic mass is 32.1. The molecule has 3 heterocycles. The summed E-state index contributed by atoms with van der Waals surface area (Å²) in [6.07, 6.45) is 1.88. The molecule has 5 nitrogen and oxygen atoms in total. The van der Waals surface area contributed by atoms with E-state index in [9.17, 15) is 0 Å². The Hall–Kier alpha value is -1.79. The van der Waals surface area contributed by atoms with Gasteiger partial charge in [0.15, 0.2) is 16.6 Å². The predicted molar refractivity (Wildman–Crippen MR) is 86.9 cm³/mol. The van der Waals surface area contributed by atoms with Crippen LogP contribution in [0, 0.1) is 0 Å². The molecule has 116 valence electrons. The van der Waals surface area contributed by atoms with Gasteiger partial charge in [0.2, 0.25) is 6.79 Å². The van der Waals surface area contributed by atoms with E-state index < -0.39 is 0 Å². The van der Waals surface area contributed by atoms with Gasteiger partial charge in [-0.1, -0.05) is 6.07 Å². The molecule has 2 aromatic rings. The van der Waals surface area contributed by atoms with Crippen LogP contribution in [0.15, 0.2) is 29.8 Å². The van der Waals surface area contributed by atoms with Crippen molar-refractivity contribution >= 4 is 16.5 Å². The molecular weight excluding hydrogens is 298 g/mol. The zero-order chi connectivity index (χ0) is 14.9. The standard InChI is InChI=1S/C16H19N3O2S/c1-12(13-2-3-14-15(10-13)21-11-20-14)18-5-7-19(8-6-18)16-17-4-9-22-16/h2-4,9-10,12H,5-8,11H2,1H3/t12-/m0/s1. The van der Waals surface area contributed by atoms with Gasteiger partial charge in [-0.15, -0.1) is 11.3 Å². The van der Waals surface area contributed by atoms with Crippen molar-refractivity contribution in [2.24, 2.45) is 0 Å². The van der Waals surface area contributed by atoms with Crippen molar-refractivity contribution in [2.45, 2.75) is 13.0 Å². The third-order valence-corrected chi connectivity index (χ3v) is 5.26. The SMILES string of the molecule is C[C@@H](c1ccc2c(c1)OCO2)N1CCN(c2nccs2)CC1. The van der Waals surface area contributed by atoms with Gasteiger partial charge < -0.3 is 14.4 Å². The molecule has 1 saturated heterocycles. The highest BCUT2D eigenvalue weighted by Crippen LogP contribution is 2.35. The minimum atomic E-state index is 0.333. The summed E-state index contributed by atoms with van der Waals surface area (Å²) in [5, 5.41) is 3.17. The number of fused-ring (bicyclic) bond motifs is 1. The molecule has 1 fully saturated rings. The number of piperazine rings is 1. The molecule has 0 N–H and O–H groups in total. The van der Waals surface area contributed by atoms with E-state index in [-0.39, 0.29) is 0 Å². The first-order valence-electron chi connectivity index (χ1n) is 7.59. The molecule has 1 atom stereocenters. The van der Waals surface area contributed by atoms with E-state index in [1.807, 2.05) is 17.6 Å². The molecule has 6 heteroatoms. The molecule has 0 amide bonds. The van der Waals surface area contributed by atoms with Crippen molar-refractivity contribution in [3.63, 3.8) is 0 Å². The summed E-state index contributed by atoms with van der Waals surface area (Å²) in [6.45, 7) is 6.76. The van der Waals surface area contributed by atoms with Crippen LogP contribution >= 0.6 is 11.3 Å². The maximum absolute atomic E-state index is 5.49. The van der Waals surface area contributed by atoms with Crippen LogP contribution in [0.3, 0.4) is 0 Å². The van der Waals surface area contributed by atoms with Gasteiger partial charge in [0.25, 0.3) is 0 Å². The van der Waals surface area contributed by atoms with Crippen molar-refractivity contribution in [2.75, 3.05) is 37.9 Å². The lowest BCUT2D eigenvalue weighted by Crippen LogP contribution is -2.47. The third kappa shape index (κ3) is 2.53. The minimum Gasteiger partial charge on any atom is -0.454 e. The lowest BCUT2D eigenvalue weighted by molar-refractivity contribution is 0.173. The Morgan fingerprint density at radius 1 is 1.14 bits per heavy atom. The summed E-state index contributed by atoms with van der Waals surface area (Å²) in [4.78, 5) is 9.29. The summed E-state index contributed by atoms with van der Waals surface area (Å²) >= 11 is 1.71. The van der Waals surface area contributed by atoms with Gasteiger partial charge in [0.05, 0.1) is 0 Å². The van der Waals surface area contributed by atoms with E-state index in [2.05, 4.69) is 33.8 Å². The van der Waals surface area contributed by atoms with Gasteiger partial charge >= 0.3 is 0 Å². The lowest BCUT2D eigenvalue weighted by Gasteiger charge is -2.38. The number of nitrogens with zero attached hydrogens (tertiary/aromatic N) is 3. The molecule has 0 aliphatic carbocycles. The van der Waals surface area contributed by atoms with Crippen LogP contribution in [0.1, 0.15) is 18.5 Å². The van der Waals surface area contributed by atoms with E-state index >= 15 is 0 Å². The normalized spacial score (nSPS) is 19.4. The fourth-order valence-corrected chi connectivity index (χ4v) is 3.75. The number of anilines is 1. The number of rotatable bonds is 3. The maximum atomic E-state index is 5.49. The molecule has 1 aromatic carbocycles. The first-order chi connectivity index (χ1) is 10.8. The molecule has 0 bridgehead atoms. The zero-order valence-electron chi connectivity index (χ0n) is 12.6. The Labute approximate surface area is 134 Å². The molecule has 0 unspecified atom stereocenters. The maximum Gasteiger partial charge on any atom is 0.231 e. The summed E-state index contributed by atoms with van der Waals surface area (Å²) in [5.41, 5.74) is 1.28. The average molecular weight is 317 g/mol. The minimum absolute atomic E-state index is 0.333. The van der Waals surface area contributed by atoms with Crippen molar-refractivity contribution < 1.29 is 9.47 Å². The summed E-state index contributed by atoms with van der Waals surface area (Å²) in [6, 6.07) is 6.65. The number of aromatic nitrogens is 1. The van der Waals surface area contributed by atoms with E-state index in [0.717, 1.165) is 42.8 Å². The molecule has 0 spiro atoms. The highest BCUT2D eigenvalue weighted by Gasteiger charge is 2.24. The second kappa shape index (κ2) is 5.78. The Bertz CT molecular complexity index is 639. The number of hydrogen-bond donors (Lipinski definition) is 0. The lowest BCUT2D eigenvalue weighted by atomic mass is 10.1. The van der Waals surface area contributed by atoms with Gasteiger partial charge in [0, 0.05) is 43.8 Å². The van der Waals surface area contributed by atoms with Crippen molar-refractivity contribution in [1.82, 2.24) is 9.88 Å². The Morgan fingerprint density at radius 3 is 2.73 bits per heavy atom. The topological polar surface area (TPSA) is 37.8 Å². The molecule has 2 aliphatic heterocycles. The van der Waals surface area contributed by atoms with Crippen molar-refractivity contribution in [3.8, 4) is 11.5 Å². The quantitative estimate of drug-likeness (QED) is 0.870. The van der Waals surface area contributed by atoms with E-state index in [1.165, 1.54) is 5.56 Å². The smallest absolute Gasteiger partial charge is 0.231 e. The van der Waals surface area contributed by atoms with E-state index in [0.29, 0.717) is 12.8 Å². The van der Waals surface area contributed by atoms with Crippen LogP contribution in [0.5, 0.6) is 11.5 Å². The third-order valence-electron chi connectivity index (χ3n) is 4.43. The Morgan fingerprint density at radius 2 is 1.95 bits per heavy atom. The fourth-order valence-electron chi connectivity index (χ4n) is 3.06. The van der Waals surface area contributed by atoms with Crippen LogP contribution in [-0.4, -0.2) is 42.9 Å². The van der Waals surface area contributed by atoms with Crippen molar-refractivity contribution in [3.05, 3.63) is 35.3 Å². The largest absolute Gasteiger partial charge is 0.454 e. The Kier molecular flexibility index (Phi) is 3.63. The first-order valence-corrected chi connectivity index (χ1v) is 8.47. The van der Waals surface area contributed by atoms with Crippen LogP contribution in [-0.2, 0) is 0 Å². The van der Waals surface area contributed by atoms with E-state index in [1.54, 1.807) is 11.3 Å². The van der Waals surface area contributed by atoms with Gasteiger partial charge in [-0.25, -0.2) is 4.98 Å². The van der Waals surface area contributed by atoms with Gasteiger partial charge in [0.1, 0.15) is 0 Å². The monoisotopic (exact) mass is 317 g/mol. The molecule has 2 aliphatic rings. The Balaban J connectivity index is 1.42. The second-order valence-electron chi connectivity index (χ2n) is 5.63. The van der Waals surface area contributed by atoms with Gasteiger partial charge in [-0.05, 0) is 24.6 Å². The number of ether oxygens (including phenoxy) is 2. The molecule has 22 heavy (non-hydrogen) atoms. The molecule has 4 rings (SSSR count). The predicted octanol–water partition coefficient (Wildman–Crippen LogP) is 2.76. The van der Waals surface area contributed by atoms with Crippen LogP contribution < -0.4 is 14.4 Å². The fraction of sp³-hybridized carbons (Fsp3) is 0.438. The second-order valence-corrected chi connectivity index (χ2v) is 6.50. The first kappa shape index (κ1) is 13.8. The summed E-state index contributed by atoms with van der Waals surface area (Å²) in [7, 11) is 0. The van der Waals surface area contributed by atoms with Crippen molar-refractivity contribution in [1.29, 1.82) is 0 Å². The number of thiazole rings is 1. The van der Waals surface area contributed by atoms with Gasteiger partial charge in [-0.3, -0.25) is 4.90 Å². The van der Waals surface area contributed by atoms with Gasteiger partial charge in [-0.2, -0.15) is 0 Å². The highest BCUT2D eigenvalue weighted by molar-refractivity contribution is 7.13. The summed E-state index contributed by atoms with van der Waals surface area (Å²) in [5.74, 6) is 1.72. The summed E-state index contributed by atoms with van der Waals surface area (Å²) < 4.78 is 10.9. The average Bonchev–Trinajstić information content (AvgIpc) is 3.25. The molecule has 0 radical (unpaired) electrons. The number of hydrogen-bond acceptors (Lipinski definition) is 6. The van der Waals surface area contributed by atoms with Crippen LogP contribution in [0.25, 0.3) is 0 Å².